The normalized spacial score (nSPS) is 16.1. The Balaban J connectivity index is 2.47. The van der Waals surface area contributed by atoms with Crippen molar-refractivity contribution in [1.29, 1.82) is 0 Å². The minimum atomic E-state index is -0.563. The van der Waals surface area contributed by atoms with Gasteiger partial charge in [-0.2, -0.15) is 0 Å². The first-order valence-electron chi connectivity index (χ1n) is 5.56. The Labute approximate surface area is 110 Å². The fraction of sp³-hybridized carbons (Fsp3) is 0.333. The lowest BCUT2D eigenvalue weighted by Crippen LogP contribution is -2.49. The average molecular weight is 263 g/mol. The summed E-state index contributed by atoms with van der Waals surface area (Å²) < 4.78 is 0. The molecular formula is C12H13N3O2S. The van der Waals surface area contributed by atoms with Gasteiger partial charge in [0.25, 0.3) is 11.8 Å². The number of thiocarbonyl (C=S) groups is 1. The van der Waals surface area contributed by atoms with Crippen LogP contribution in [0.5, 0.6) is 0 Å². The fourth-order valence-corrected chi connectivity index (χ4v) is 2.49. The van der Waals surface area contributed by atoms with Gasteiger partial charge in [0.1, 0.15) is 0 Å². The van der Waals surface area contributed by atoms with E-state index in [1.807, 2.05) is 13.8 Å². The topological polar surface area (TPSA) is 76.3 Å². The molecule has 1 unspecified atom stereocenters. The van der Waals surface area contributed by atoms with E-state index in [0.29, 0.717) is 11.1 Å². The van der Waals surface area contributed by atoms with Gasteiger partial charge in [0, 0.05) is 12.4 Å². The molecule has 2 amide bonds. The molecule has 2 rings (SSSR count). The van der Waals surface area contributed by atoms with Crippen molar-refractivity contribution in [1.82, 2.24) is 9.88 Å². The molecule has 0 spiro atoms. The van der Waals surface area contributed by atoms with Crippen LogP contribution in [0.4, 0.5) is 0 Å². The minimum absolute atomic E-state index is 0.0299. The zero-order valence-corrected chi connectivity index (χ0v) is 10.9. The van der Waals surface area contributed by atoms with E-state index < -0.39 is 6.04 Å². The first-order valence-corrected chi connectivity index (χ1v) is 5.97. The third-order valence-corrected chi connectivity index (χ3v) is 3.16. The van der Waals surface area contributed by atoms with Crippen molar-refractivity contribution >= 4 is 29.0 Å². The first-order chi connectivity index (χ1) is 8.45. The number of aromatic nitrogens is 1. The number of fused-ring (bicyclic) bond motifs is 1. The molecule has 6 heteroatoms. The molecule has 2 N–H and O–H groups in total. The summed E-state index contributed by atoms with van der Waals surface area (Å²) in [5.41, 5.74) is 6.31. The number of imide groups is 1. The number of hydrogen-bond donors (Lipinski definition) is 1. The molecule has 0 saturated carbocycles. The SMILES string of the molecule is CC(C)C(C(N)=S)N1C(=O)c2ccncc2C1=O. The van der Waals surface area contributed by atoms with Gasteiger partial charge in [0.15, 0.2) is 0 Å². The number of nitrogens with two attached hydrogens (primary N) is 1. The average Bonchev–Trinajstić information content (AvgIpc) is 2.55. The molecule has 0 radical (unpaired) electrons. The van der Waals surface area contributed by atoms with Crippen molar-refractivity contribution in [3.8, 4) is 0 Å². The quantitative estimate of drug-likeness (QED) is 0.650. The lowest BCUT2D eigenvalue weighted by Gasteiger charge is -2.28. The molecule has 5 nitrogen and oxygen atoms in total. The van der Waals surface area contributed by atoms with Gasteiger partial charge in [0.2, 0.25) is 0 Å². The number of carbonyl (C=O) groups excluding carboxylic acids is 2. The summed E-state index contributed by atoms with van der Waals surface area (Å²) in [6, 6.07) is 0.972. The smallest absolute Gasteiger partial charge is 0.263 e. The number of carbonyl (C=O) groups is 2. The summed E-state index contributed by atoms with van der Waals surface area (Å²) in [5.74, 6) is -0.767. The Bertz CT molecular complexity index is 507. The van der Waals surface area contributed by atoms with Gasteiger partial charge in [-0.25, -0.2) is 0 Å². The summed E-state index contributed by atoms with van der Waals surface area (Å²) in [6.45, 7) is 3.73. The van der Waals surface area contributed by atoms with Crippen molar-refractivity contribution in [2.24, 2.45) is 11.7 Å². The standard InChI is InChI=1S/C12H13N3O2S/c1-6(2)9(10(13)18)15-11(16)7-3-4-14-5-8(7)12(15)17/h3-6,9H,1-2H3,(H2,13,18). The highest BCUT2D eigenvalue weighted by atomic mass is 32.1. The second kappa shape index (κ2) is 4.45. The minimum Gasteiger partial charge on any atom is -0.392 e. The molecule has 18 heavy (non-hydrogen) atoms. The second-order valence-electron chi connectivity index (χ2n) is 4.49. The van der Waals surface area contributed by atoms with Crippen LogP contribution >= 0.6 is 12.2 Å². The molecule has 0 bridgehead atoms. The number of amides is 2. The summed E-state index contributed by atoms with van der Waals surface area (Å²) in [6.07, 6.45) is 2.88. The molecule has 0 fully saturated rings. The highest BCUT2D eigenvalue weighted by Crippen LogP contribution is 2.26. The van der Waals surface area contributed by atoms with Crippen LogP contribution in [0.15, 0.2) is 18.5 Å². The molecule has 1 atom stereocenters. The maximum Gasteiger partial charge on any atom is 0.263 e. The van der Waals surface area contributed by atoms with E-state index >= 15 is 0 Å². The maximum absolute atomic E-state index is 12.2. The molecule has 1 aromatic heterocycles. The van der Waals surface area contributed by atoms with Crippen molar-refractivity contribution < 1.29 is 9.59 Å². The second-order valence-corrected chi connectivity index (χ2v) is 4.96. The zero-order valence-electron chi connectivity index (χ0n) is 10.1. The van der Waals surface area contributed by atoms with Crippen LogP contribution in [-0.2, 0) is 0 Å². The Morgan fingerprint density at radius 2 is 1.94 bits per heavy atom. The number of nitrogens with zero attached hydrogens (tertiary/aromatic N) is 2. The molecule has 0 saturated heterocycles. The molecule has 1 aliphatic rings. The molecule has 1 aliphatic heterocycles. The summed E-state index contributed by atoms with van der Waals surface area (Å²) in [4.78, 5) is 29.6. The van der Waals surface area contributed by atoms with E-state index in [9.17, 15) is 9.59 Å². The third kappa shape index (κ3) is 1.78. The van der Waals surface area contributed by atoms with Crippen LogP contribution in [0, 0.1) is 5.92 Å². The van der Waals surface area contributed by atoms with E-state index in [1.165, 1.54) is 18.5 Å². The van der Waals surface area contributed by atoms with Gasteiger partial charge < -0.3 is 5.73 Å². The van der Waals surface area contributed by atoms with E-state index in [0.717, 1.165) is 4.90 Å². The van der Waals surface area contributed by atoms with Crippen molar-refractivity contribution in [3.05, 3.63) is 29.6 Å². The van der Waals surface area contributed by atoms with Gasteiger partial charge in [-0.05, 0) is 12.0 Å². The highest BCUT2D eigenvalue weighted by molar-refractivity contribution is 7.80. The predicted octanol–water partition coefficient (Wildman–Crippen LogP) is 0.988. The van der Waals surface area contributed by atoms with Crippen molar-refractivity contribution in [2.75, 3.05) is 0 Å². The molecular weight excluding hydrogens is 250 g/mol. The fourth-order valence-electron chi connectivity index (χ4n) is 2.11. The predicted molar refractivity (Wildman–Crippen MR) is 70.1 cm³/mol. The number of hydrogen-bond acceptors (Lipinski definition) is 4. The first kappa shape index (κ1) is 12.6. The summed E-state index contributed by atoms with van der Waals surface area (Å²) in [5, 5.41) is 0. The van der Waals surface area contributed by atoms with E-state index in [-0.39, 0.29) is 22.7 Å². The third-order valence-electron chi connectivity index (χ3n) is 2.92. The zero-order chi connectivity index (χ0) is 13.4. The van der Waals surface area contributed by atoms with Crippen LogP contribution in [0.3, 0.4) is 0 Å². The van der Waals surface area contributed by atoms with Crippen LogP contribution in [0.2, 0.25) is 0 Å². The Morgan fingerprint density at radius 3 is 2.44 bits per heavy atom. The van der Waals surface area contributed by atoms with E-state index in [4.69, 9.17) is 18.0 Å². The Hall–Kier alpha value is -1.82. The van der Waals surface area contributed by atoms with E-state index in [1.54, 1.807) is 0 Å². The molecule has 1 aromatic rings. The molecule has 94 valence electrons. The van der Waals surface area contributed by atoms with Crippen LogP contribution < -0.4 is 5.73 Å². The van der Waals surface area contributed by atoms with Crippen molar-refractivity contribution in [3.63, 3.8) is 0 Å². The Kier molecular flexibility index (Phi) is 3.13. The lowest BCUT2D eigenvalue weighted by atomic mass is 10.0. The molecule has 0 aromatic carbocycles. The lowest BCUT2D eigenvalue weighted by molar-refractivity contribution is 0.0598. The molecule has 0 aliphatic carbocycles. The molecule has 2 heterocycles. The number of rotatable bonds is 3. The largest absolute Gasteiger partial charge is 0.392 e. The maximum atomic E-state index is 12.2. The Morgan fingerprint density at radius 1 is 1.33 bits per heavy atom. The van der Waals surface area contributed by atoms with Gasteiger partial charge in [-0.1, -0.05) is 26.1 Å². The van der Waals surface area contributed by atoms with Gasteiger partial charge in [-0.3, -0.25) is 19.5 Å². The van der Waals surface area contributed by atoms with E-state index in [2.05, 4.69) is 4.98 Å². The van der Waals surface area contributed by atoms with Crippen LogP contribution in [-0.4, -0.2) is 32.7 Å². The van der Waals surface area contributed by atoms with Gasteiger partial charge in [0.05, 0.1) is 22.2 Å². The van der Waals surface area contributed by atoms with Crippen LogP contribution in [0.25, 0.3) is 0 Å². The monoisotopic (exact) mass is 263 g/mol. The van der Waals surface area contributed by atoms with Crippen LogP contribution in [0.1, 0.15) is 34.6 Å². The summed E-state index contributed by atoms with van der Waals surface area (Å²) >= 11 is 4.96. The van der Waals surface area contributed by atoms with Gasteiger partial charge >= 0.3 is 0 Å². The summed E-state index contributed by atoms with van der Waals surface area (Å²) in [7, 11) is 0. The van der Waals surface area contributed by atoms with Crippen molar-refractivity contribution in [2.45, 2.75) is 19.9 Å². The number of pyridine rings is 1. The van der Waals surface area contributed by atoms with Gasteiger partial charge in [-0.15, -0.1) is 0 Å². The highest BCUT2D eigenvalue weighted by Gasteiger charge is 2.42.